The Morgan fingerprint density at radius 2 is 1.86 bits per heavy atom. The number of halogens is 2. The molecule has 1 aliphatic carbocycles. The summed E-state index contributed by atoms with van der Waals surface area (Å²) in [6, 6.07) is 12.7. The number of aryl methyl sites for hydroxylation is 1. The van der Waals surface area contributed by atoms with Gasteiger partial charge in [-0.05, 0) is 36.5 Å². The molecule has 0 spiro atoms. The molecule has 1 saturated carbocycles. The molecule has 2 atom stereocenters. The highest BCUT2D eigenvalue weighted by molar-refractivity contribution is 7.17. The summed E-state index contributed by atoms with van der Waals surface area (Å²) in [5, 5.41) is 3.19. The van der Waals surface area contributed by atoms with Crippen LogP contribution < -0.4 is 11.1 Å². The molecule has 29 heavy (non-hydrogen) atoms. The fourth-order valence-corrected chi connectivity index (χ4v) is 4.74. The number of hydrogen-bond donors (Lipinski definition) is 2. The van der Waals surface area contributed by atoms with Gasteiger partial charge in [0.05, 0.1) is 5.56 Å². The summed E-state index contributed by atoms with van der Waals surface area (Å²) in [5.74, 6) is -2.97. The van der Waals surface area contributed by atoms with Crippen molar-refractivity contribution in [1.29, 1.82) is 0 Å². The van der Waals surface area contributed by atoms with Gasteiger partial charge in [0.15, 0.2) is 0 Å². The van der Waals surface area contributed by atoms with E-state index < -0.39 is 23.5 Å². The van der Waals surface area contributed by atoms with Gasteiger partial charge in [0.2, 0.25) is 5.91 Å². The summed E-state index contributed by atoms with van der Waals surface area (Å²) < 4.78 is 27.1. The van der Waals surface area contributed by atoms with E-state index in [1.807, 2.05) is 37.3 Å². The van der Waals surface area contributed by atoms with Gasteiger partial charge < -0.3 is 11.1 Å². The smallest absolute Gasteiger partial charge is 0.252 e. The maximum atomic E-state index is 14.0. The lowest BCUT2D eigenvalue weighted by molar-refractivity contribution is -0.117. The SMILES string of the molecule is Cc1sc(NC(=O)C2CC2c2ccc(F)cc2F)c(C(N)=O)c1-c1ccccc1. The topological polar surface area (TPSA) is 72.2 Å². The average molecular weight is 412 g/mol. The lowest BCUT2D eigenvalue weighted by atomic mass is 10.0. The maximum Gasteiger partial charge on any atom is 0.252 e. The van der Waals surface area contributed by atoms with Crippen molar-refractivity contribution in [1.82, 2.24) is 0 Å². The third kappa shape index (κ3) is 3.65. The van der Waals surface area contributed by atoms with Gasteiger partial charge in [-0.3, -0.25) is 9.59 Å². The van der Waals surface area contributed by atoms with E-state index in [0.717, 1.165) is 16.5 Å². The van der Waals surface area contributed by atoms with Crippen molar-refractivity contribution in [2.24, 2.45) is 11.7 Å². The van der Waals surface area contributed by atoms with E-state index in [-0.39, 0.29) is 17.4 Å². The molecule has 1 aromatic heterocycles. The average Bonchev–Trinajstić information content (AvgIpc) is 3.39. The van der Waals surface area contributed by atoms with Gasteiger partial charge in [-0.2, -0.15) is 0 Å². The molecular weight excluding hydrogens is 394 g/mol. The molecule has 3 aromatic rings. The largest absolute Gasteiger partial charge is 0.365 e. The Balaban J connectivity index is 1.59. The van der Waals surface area contributed by atoms with Crippen LogP contribution in [-0.4, -0.2) is 11.8 Å². The first-order valence-corrected chi connectivity index (χ1v) is 9.93. The minimum atomic E-state index is -0.651. The molecule has 148 valence electrons. The van der Waals surface area contributed by atoms with Crippen LogP contribution >= 0.6 is 11.3 Å². The molecular formula is C22H18F2N2O2S. The van der Waals surface area contributed by atoms with Crippen LogP contribution in [0.25, 0.3) is 11.1 Å². The van der Waals surface area contributed by atoms with Crippen molar-refractivity contribution < 1.29 is 18.4 Å². The standard InChI is InChI=1S/C22H18F2N2O2S/c1-11-18(12-5-3-2-4-6-12)19(20(25)27)22(29-11)26-21(28)16-10-15(16)14-8-7-13(23)9-17(14)24/h2-9,15-16H,10H2,1H3,(H2,25,27)(H,26,28). The van der Waals surface area contributed by atoms with Crippen molar-refractivity contribution in [3.8, 4) is 11.1 Å². The second-order valence-electron chi connectivity index (χ2n) is 7.07. The van der Waals surface area contributed by atoms with Gasteiger partial charge in [-0.1, -0.05) is 36.4 Å². The van der Waals surface area contributed by atoms with Crippen molar-refractivity contribution in [2.75, 3.05) is 5.32 Å². The van der Waals surface area contributed by atoms with Crippen LogP contribution in [0.4, 0.5) is 13.8 Å². The predicted molar refractivity (Wildman–Crippen MR) is 109 cm³/mol. The van der Waals surface area contributed by atoms with Crippen LogP contribution in [0, 0.1) is 24.5 Å². The number of primary amides is 1. The lowest BCUT2D eigenvalue weighted by Crippen LogP contribution is -2.18. The van der Waals surface area contributed by atoms with Crippen molar-refractivity contribution in [3.63, 3.8) is 0 Å². The number of carbonyl (C=O) groups excluding carboxylic acids is 2. The first-order valence-electron chi connectivity index (χ1n) is 9.11. The van der Waals surface area contributed by atoms with Gasteiger partial charge in [-0.25, -0.2) is 8.78 Å². The number of benzene rings is 2. The zero-order valence-corrected chi connectivity index (χ0v) is 16.4. The van der Waals surface area contributed by atoms with Crippen LogP contribution in [-0.2, 0) is 4.79 Å². The van der Waals surface area contributed by atoms with Crippen LogP contribution in [0.3, 0.4) is 0 Å². The summed E-state index contributed by atoms with van der Waals surface area (Å²) in [5.41, 5.74) is 7.77. The highest BCUT2D eigenvalue weighted by Crippen LogP contribution is 2.49. The Morgan fingerprint density at radius 3 is 2.52 bits per heavy atom. The van der Waals surface area contributed by atoms with Crippen LogP contribution in [0.2, 0.25) is 0 Å². The molecule has 7 heteroatoms. The second-order valence-corrected chi connectivity index (χ2v) is 8.30. The Morgan fingerprint density at radius 1 is 1.14 bits per heavy atom. The molecule has 3 N–H and O–H groups in total. The summed E-state index contributed by atoms with van der Waals surface area (Å²) in [6.07, 6.45) is 0.468. The Kier molecular flexibility index (Phi) is 4.92. The summed E-state index contributed by atoms with van der Waals surface area (Å²) in [4.78, 5) is 25.7. The van der Waals surface area contributed by atoms with Crippen molar-refractivity contribution in [2.45, 2.75) is 19.3 Å². The van der Waals surface area contributed by atoms with E-state index in [2.05, 4.69) is 5.32 Å². The van der Waals surface area contributed by atoms with E-state index in [1.54, 1.807) is 0 Å². The highest BCUT2D eigenvalue weighted by Gasteiger charge is 2.45. The maximum absolute atomic E-state index is 14.0. The number of amides is 2. The van der Waals surface area contributed by atoms with E-state index >= 15 is 0 Å². The number of anilines is 1. The molecule has 4 nitrogen and oxygen atoms in total. The van der Waals surface area contributed by atoms with Gasteiger partial charge in [0.1, 0.15) is 16.6 Å². The molecule has 2 aromatic carbocycles. The minimum Gasteiger partial charge on any atom is -0.365 e. The number of rotatable bonds is 5. The summed E-state index contributed by atoms with van der Waals surface area (Å²) in [6.45, 7) is 1.86. The Hall–Kier alpha value is -3.06. The predicted octanol–water partition coefficient (Wildman–Crippen LogP) is 4.84. The fourth-order valence-electron chi connectivity index (χ4n) is 3.66. The third-order valence-corrected chi connectivity index (χ3v) is 6.14. The minimum absolute atomic E-state index is 0.275. The lowest BCUT2D eigenvalue weighted by Gasteiger charge is -2.07. The van der Waals surface area contributed by atoms with E-state index in [4.69, 9.17) is 5.73 Å². The zero-order valence-electron chi connectivity index (χ0n) is 15.5. The molecule has 0 aliphatic heterocycles. The molecule has 0 radical (unpaired) electrons. The molecule has 2 amide bonds. The van der Waals surface area contributed by atoms with E-state index in [0.29, 0.717) is 22.5 Å². The zero-order chi connectivity index (χ0) is 20.7. The first-order chi connectivity index (χ1) is 13.9. The van der Waals surface area contributed by atoms with Crippen LogP contribution in [0.15, 0.2) is 48.5 Å². The molecule has 1 heterocycles. The van der Waals surface area contributed by atoms with Gasteiger partial charge in [-0.15, -0.1) is 11.3 Å². The molecule has 2 unspecified atom stereocenters. The summed E-state index contributed by atoms with van der Waals surface area (Å²) in [7, 11) is 0. The van der Waals surface area contributed by atoms with Crippen LogP contribution in [0.1, 0.15) is 33.1 Å². The number of hydrogen-bond acceptors (Lipinski definition) is 3. The molecule has 4 rings (SSSR count). The number of carbonyl (C=O) groups is 2. The Labute approximate surface area is 170 Å². The van der Waals surface area contributed by atoms with E-state index in [1.165, 1.54) is 23.5 Å². The van der Waals surface area contributed by atoms with Gasteiger partial charge >= 0.3 is 0 Å². The van der Waals surface area contributed by atoms with E-state index in [9.17, 15) is 18.4 Å². The molecule has 0 saturated heterocycles. The van der Waals surface area contributed by atoms with Crippen molar-refractivity contribution in [3.05, 3.63) is 76.2 Å². The number of thiophene rings is 1. The monoisotopic (exact) mass is 412 g/mol. The summed E-state index contributed by atoms with van der Waals surface area (Å²) >= 11 is 1.28. The highest BCUT2D eigenvalue weighted by atomic mass is 32.1. The normalized spacial score (nSPS) is 17.8. The van der Waals surface area contributed by atoms with Gasteiger partial charge in [0.25, 0.3) is 5.91 Å². The first kappa shape index (κ1) is 19.3. The fraction of sp³-hybridized carbons (Fsp3) is 0.182. The third-order valence-electron chi connectivity index (χ3n) is 5.12. The van der Waals surface area contributed by atoms with Crippen molar-refractivity contribution >= 4 is 28.2 Å². The number of nitrogens with two attached hydrogens (primary N) is 1. The Bertz CT molecular complexity index is 1110. The number of nitrogens with one attached hydrogen (secondary N) is 1. The van der Waals surface area contributed by atoms with Crippen LogP contribution in [0.5, 0.6) is 0 Å². The molecule has 0 bridgehead atoms. The second kappa shape index (κ2) is 7.40. The quantitative estimate of drug-likeness (QED) is 0.629. The molecule has 1 aliphatic rings. The molecule has 1 fully saturated rings. The van der Waals surface area contributed by atoms with Gasteiger partial charge in [0, 0.05) is 22.4 Å².